The van der Waals surface area contributed by atoms with Crippen molar-refractivity contribution in [2.45, 2.75) is 26.3 Å². The van der Waals surface area contributed by atoms with Crippen molar-refractivity contribution in [3.63, 3.8) is 0 Å². The smallest absolute Gasteiger partial charge is 0.227 e. The fourth-order valence-corrected chi connectivity index (χ4v) is 3.34. The van der Waals surface area contributed by atoms with E-state index in [9.17, 15) is 4.79 Å². The molecule has 0 fully saturated rings. The Hall–Kier alpha value is -3.74. The highest BCUT2D eigenvalue weighted by atomic mass is 16.2. The highest BCUT2D eigenvalue weighted by molar-refractivity contribution is 5.93. The van der Waals surface area contributed by atoms with Crippen LogP contribution in [0.3, 0.4) is 0 Å². The maximum absolute atomic E-state index is 12.8. The third-order valence-electron chi connectivity index (χ3n) is 4.89. The lowest BCUT2D eigenvalue weighted by Gasteiger charge is -2.20. The van der Waals surface area contributed by atoms with E-state index < -0.39 is 0 Å². The summed E-state index contributed by atoms with van der Waals surface area (Å²) in [6.45, 7) is 3.27. The lowest BCUT2D eigenvalue weighted by Crippen LogP contribution is -2.30. The summed E-state index contributed by atoms with van der Waals surface area (Å²) < 4.78 is 1.71. The second kappa shape index (κ2) is 9.17. The molecule has 0 aliphatic rings. The number of rotatable bonds is 8. The maximum atomic E-state index is 12.8. The second-order valence-corrected chi connectivity index (χ2v) is 6.92. The fourth-order valence-electron chi connectivity index (χ4n) is 3.34. The van der Waals surface area contributed by atoms with E-state index in [1.165, 1.54) is 5.56 Å². The van der Waals surface area contributed by atoms with Gasteiger partial charge in [0, 0.05) is 31.6 Å². The average Bonchev–Trinajstić information content (AvgIpc) is 3.20. The van der Waals surface area contributed by atoms with Crippen molar-refractivity contribution in [2.24, 2.45) is 0 Å². The SMILES string of the molecule is CCN(C(=O)CCc1nnc2ccc(NCc3ccccc3)nn12)c1ccccc1. The molecule has 2 aromatic carbocycles. The zero-order valence-corrected chi connectivity index (χ0v) is 16.9. The molecule has 4 rings (SSSR count). The molecule has 2 aromatic heterocycles. The number of aromatic nitrogens is 4. The minimum atomic E-state index is 0.0545. The molecule has 1 amide bonds. The first-order valence-electron chi connectivity index (χ1n) is 10.1. The Morgan fingerprint density at radius 3 is 2.43 bits per heavy atom. The largest absolute Gasteiger partial charge is 0.365 e. The van der Waals surface area contributed by atoms with E-state index in [2.05, 4.69) is 32.7 Å². The number of carbonyl (C=O) groups excluding carboxylic acids is 1. The van der Waals surface area contributed by atoms with Gasteiger partial charge in [-0.3, -0.25) is 4.79 Å². The van der Waals surface area contributed by atoms with Gasteiger partial charge in [0.25, 0.3) is 0 Å². The summed E-state index contributed by atoms with van der Waals surface area (Å²) in [7, 11) is 0. The van der Waals surface area contributed by atoms with Crippen molar-refractivity contribution < 1.29 is 4.79 Å². The fraction of sp³-hybridized carbons (Fsp3) is 0.217. The van der Waals surface area contributed by atoms with Gasteiger partial charge in [-0.2, -0.15) is 4.52 Å². The van der Waals surface area contributed by atoms with Crippen molar-refractivity contribution in [3.8, 4) is 0 Å². The molecule has 0 radical (unpaired) electrons. The van der Waals surface area contributed by atoms with Gasteiger partial charge in [-0.25, -0.2) is 0 Å². The zero-order valence-electron chi connectivity index (χ0n) is 16.9. The number of nitrogens with zero attached hydrogens (tertiary/aromatic N) is 5. The van der Waals surface area contributed by atoms with Crippen LogP contribution in [-0.2, 0) is 17.8 Å². The average molecular weight is 400 g/mol. The van der Waals surface area contributed by atoms with Crippen molar-refractivity contribution in [2.75, 3.05) is 16.8 Å². The third kappa shape index (κ3) is 4.46. The molecule has 0 bridgehead atoms. The Morgan fingerprint density at radius 1 is 0.967 bits per heavy atom. The molecule has 1 N–H and O–H groups in total. The van der Waals surface area contributed by atoms with Crippen molar-refractivity contribution >= 4 is 23.1 Å². The highest BCUT2D eigenvalue weighted by Gasteiger charge is 2.16. The quantitative estimate of drug-likeness (QED) is 0.488. The summed E-state index contributed by atoms with van der Waals surface area (Å²) in [4.78, 5) is 14.5. The van der Waals surface area contributed by atoms with E-state index in [0.717, 1.165) is 11.5 Å². The Kier molecular flexibility index (Phi) is 5.98. The van der Waals surface area contributed by atoms with Gasteiger partial charge in [0.1, 0.15) is 5.82 Å². The molecule has 2 heterocycles. The zero-order chi connectivity index (χ0) is 20.8. The molecule has 0 atom stereocenters. The first-order valence-corrected chi connectivity index (χ1v) is 10.1. The van der Waals surface area contributed by atoms with Gasteiger partial charge in [-0.15, -0.1) is 15.3 Å². The summed E-state index contributed by atoms with van der Waals surface area (Å²) in [6.07, 6.45) is 0.811. The molecule has 0 aliphatic carbocycles. The molecule has 0 saturated carbocycles. The minimum absolute atomic E-state index is 0.0545. The first kappa shape index (κ1) is 19.6. The molecule has 0 aliphatic heterocycles. The number of hydrogen-bond acceptors (Lipinski definition) is 5. The molecule has 4 aromatic rings. The van der Waals surface area contributed by atoms with Crippen LogP contribution in [0.1, 0.15) is 24.7 Å². The number of nitrogens with one attached hydrogen (secondary N) is 1. The third-order valence-corrected chi connectivity index (χ3v) is 4.89. The molecular formula is C23H24N6O. The number of carbonyl (C=O) groups is 1. The molecule has 0 spiro atoms. The van der Waals surface area contributed by atoms with E-state index >= 15 is 0 Å². The van der Waals surface area contributed by atoms with Crippen molar-refractivity contribution in [1.82, 2.24) is 19.8 Å². The predicted molar refractivity (Wildman–Crippen MR) is 117 cm³/mol. The summed E-state index contributed by atoms with van der Waals surface area (Å²) in [5.74, 6) is 1.46. The summed E-state index contributed by atoms with van der Waals surface area (Å²) in [6, 6.07) is 23.6. The molecule has 7 heteroatoms. The monoisotopic (exact) mass is 400 g/mol. The maximum Gasteiger partial charge on any atom is 0.227 e. The van der Waals surface area contributed by atoms with E-state index in [1.807, 2.05) is 67.6 Å². The normalized spacial score (nSPS) is 10.8. The standard InChI is InChI=1S/C23H24N6O/c1-2-28(19-11-7-4-8-12-19)23(30)16-15-22-26-25-21-14-13-20(27-29(21)22)24-17-18-9-5-3-6-10-18/h3-14H,2,15-17H2,1H3,(H,24,27). The lowest BCUT2D eigenvalue weighted by atomic mass is 10.2. The predicted octanol–water partition coefficient (Wildman–Crippen LogP) is 3.72. The number of fused-ring (bicyclic) bond motifs is 1. The Balaban J connectivity index is 1.44. The van der Waals surface area contributed by atoms with Crippen LogP contribution in [-0.4, -0.2) is 32.3 Å². The van der Waals surface area contributed by atoms with Crippen LogP contribution in [0, 0.1) is 0 Å². The minimum Gasteiger partial charge on any atom is -0.365 e. The molecule has 30 heavy (non-hydrogen) atoms. The van der Waals surface area contributed by atoms with E-state index in [4.69, 9.17) is 0 Å². The van der Waals surface area contributed by atoms with E-state index in [0.29, 0.717) is 37.4 Å². The molecule has 7 nitrogen and oxygen atoms in total. The van der Waals surface area contributed by atoms with Crippen molar-refractivity contribution in [1.29, 1.82) is 0 Å². The number of para-hydroxylation sites is 1. The van der Waals surface area contributed by atoms with Gasteiger partial charge in [0.05, 0.1) is 0 Å². The number of anilines is 2. The number of hydrogen-bond donors (Lipinski definition) is 1. The summed E-state index contributed by atoms with van der Waals surface area (Å²) >= 11 is 0. The topological polar surface area (TPSA) is 75.4 Å². The first-order chi connectivity index (χ1) is 14.7. The second-order valence-electron chi connectivity index (χ2n) is 6.92. The van der Waals surface area contributed by atoms with Crippen LogP contribution in [0.25, 0.3) is 5.65 Å². The van der Waals surface area contributed by atoms with Gasteiger partial charge in [-0.05, 0) is 36.8 Å². The Labute approximate surface area is 175 Å². The summed E-state index contributed by atoms with van der Waals surface area (Å²) in [5, 5.41) is 16.3. The number of amides is 1. The van der Waals surface area contributed by atoms with Crippen molar-refractivity contribution in [3.05, 3.63) is 84.2 Å². The van der Waals surface area contributed by atoms with E-state index in [-0.39, 0.29) is 5.91 Å². The van der Waals surface area contributed by atoms with Gasteiger partial charge >= 0.3 is 0 Å². The number of aryl methyl sites for hydroxylation is 1. The summed E-state index contributed by atoms with van der Waals surface area (Å²) in [5.41, 5.74) is 2.74. The molecular weight excluding hydrogens is 376 g/mol. The van der Waals surface area contributed by atoms with Crippen LogP contribution in [0.4, 0.5) is 11.5 Å². The molecule has 0 saturated heterocycles. The highest BCUT2D eigenvalue weighted by Crippen LogP contribution is 2.16. The lowest BCUT2D eigenvalue weighted by molar-refractivity contribution is -0.118. The molecule has 0 unspecified atom stereocenters. The van der Waals surface area contributed by atoms with Crippen LogP contribution in [0.15, 0.2) is 72.8 Å². The van der Waals surface area contributed by atoms with Gasteiger partial charge in [0.2, 0.25) is 5.91 Å². The van der Waals surface area contributed by atoms with Gasteiger partial charge in [-0.1, -0.05) is 48.5 Å². The molecule has 152 valence electrons. The Morgan fingerprint density at radius 2 is 1.70 bits per heavy atom. The van der Waals surface area contributed by atoms with E-state index in [1.54, 1.807) is 9.42 Å². The van der Waals surface area contributed by atoms with Crippen LogP contribution < -0.4 is 10.2 Å². The Bertz CT molecular complexity index is 1110. The van der Waals surface area contributed by atoms with Gasteiger partial charge < -0.3 is 10.2 Å². The van der Waals surface area contributed by atoms with Crippen LogP contribution in [0.5, 0.6) is 0 Å². The van der Waals surface area contributed by atoms with Gasteiger partial charge in [0.15, 0.2) is 11.5 Å². The number of benzene rings is 2. The van der Waals surface area contributed by atoms with Crippen LogP contribution >= 0.6 is 0 Å². The van der Waals surface area contributed by atoms with Crippen LogP contribution in [0.2, 0.25) is 0 Å².